The molecular weight excluding hydrogens is 231 g/mol. The van der Waals surface area contributed by atoms with Gasteiger partial charge < -0.3 is 10.2 Å². The molecule has 1 N–H and O–H groups in total. The van der Waals surface area contributed by atoms with Gasteiger partial charge in [-0.15, -0.1) is 0 Å². The zero-order valence-electron chi connectivity index (χ0n) is 8.63. The van der Waals surface area contributed by atoms with Crippen LogP contribution >= 0.6 is 23.2 Å². The van der Waals surface area contributed by atoms with Crippen molar-refractivity contribution in [3.63, 3.8) is 0 Å². The van der Waals surface area contributed by atoms with E-state index in [9.17, 15) is 0 Å². The van der Waals surface area contributed by atoms with Gasteiger partial charge in [0.25, 0.3) is 0 Å². The summed E-state index contributed by atoms with van der Waals surface area (Å²) in [4.78, 5) is 2.32. The molecule has 1 saturated heterocycles. The van der Waals surface area contributed by atoms with Crippen LogP contribution in [-0.2, 0) is 0 Å². The maximum Gasteiger partial charge on any atom is 0.0612 e. The van der Waals surface area contributed by atoms with Crippen LogP contribution in [0.4, 0.5) is 5.69 Å². The minimum Gasteiger partial charge on any atom is -0.369 e. The van der Waals surface area contributed by atoms with Gasteiger partial charge in [-0.25, -0.2) is 0 Å². The van der Waals surface area contributed by atoms with Gasteiger partial charge in [0.15, 0.2) is 0 Å². The van der Waals surface area contributed by atoms with Crippen molar-refractivity contribution in [2.24, 2.45) is 0 Å². The van der Waals surface area contributed by atoms with E-state index in [1.54, 1.807) is 0 Å². The second-order valence-corrected chi connectivity index (χ2v) is 4.71. The van der Waals surface area contributed by atoms with Crippen molar-refractivity contribution < 1.29 is 0 Å². The lowest BCUT2D eigenvalue weighted by Gasteiger charge is -2.33. The van der Waals surface area contributed by atoms with Crippen molar-refractivity contribution in [1.29, 1.82) is 0 Å². The Labute approximate surface area is 100 Å². The van der Waals surface area contributed by atoms with Gasteiger partial charge in [0.2, 0.25) is 0 Å². The molecule has 0 aliphatic carbocycles. The molecule has 15 heavy (non-hydrogen) atoms. The van der Waals surface area contributed by atoms with Crippen LogP contribution in [0.25, 0.3) is 0 Å². The Balaban J connectivity index is 2.18. The summed E-state index contributed by atoms with van der Waals surface area (Å²) in [6, 6.07) is 6.33. The third kappa shape index (κ3) is 2.57. The van der Waals surface area contributed by atoms with E-state index in [0.29, 0.717) is 16.1 Å². The second kappa shape index (κ2) is 4.60. The predicted molar refractivity (Wildman–Crippen MR) is 66.1 cm³/mol. The Morgan fingerprint density at radius 1 is 1.33 bits per heavy atom. The third-order valence-corrected chi connectivity index (χ3v) is 3.38. The van der Waals surface area contributed by atoms with E-state index in [-0.39, 0.29) is 0 Å². The van der Waals surface area contributed by atoms with Crippen LogP contribution in [0.2, 0.25) is 10.0 Å². The highest BCUT2D eigenvalue weighted by Crippen LogP contribution is 2.27. The average Bonchev–Trinajstić information content (AvgIpc) is 2.22. The molecule has 1 unspecified atom stereocenters. The van der Waals surface area contributed by atoms with E-state index in [0.717, 1.165) is 25.3 Å². The van der Waals surface area contributed by atoms with E-state index >= 15 is 0 Å². The van der Waals surface area contributed by atoms with Gasteiger partial charge in [-0.2, -0.15) is 0 Å². The number of piperazine rings is 1. The Morgan fingerprint density at radius 3 is 2.80 bits per heavy atom. The molecule has 1 aromatic rings. The summed E-state index contributed by atoms with van der Waals surface area (Å²) in [5.74, 6) is 0. The number of nitrogens with one attached hydrogen (secondary N) is 1. The molecule has 0 amide bonds. The van der Waals surface area contributed by atoms with Crippen LogP contribution in [0.15, 0.2) is 18.2 Å². The number of benzene rings is 1. The topological polar surface area (TPSA) is 15.3 Å². The molecule has 0 aromatic heterocycles. The fourth-order valence-electron chi connectivity index (χ4n) is 1.85. The summed E-state index contributed by atoms with van der Waals surface area (Å²) in [7, 11) is 0. The Kier molecular flexibility index (Phi) is 3.39. The molecule has 1 heterocycles. The SMILES string of the molecule is CC1CN(c2ccc(Cl)c(Cl)c2)CCN1. The van der Waals surface area contributed by atoms with E-state index < -0.39 is 0 Å². The van der Waals surface area contributed by atoms with Crippen molar-refractivity contribution in [1.82, 2.24) is 5.32 Å². The van der Waals surface area contributed by atoms with Crippen LogP contribution in [0, 0.1) is 0 Å². The molecule has 4 heteroatoms. The quantitative estimate of drug-likeness (QED) is 0.818. The first kappa shape index (κ1) is 11.1. The molecule has 0 saturated carbocycles. The first-order valence-electron chi connectivity index (χ1n) is 5.10. The Morgan fingerprint density at radius 2 is 2.13 bits per heavy atom. The standard InChI is InChI=1S/C11H14Cl2N2/c1-8-7-15(5-4-14-8)9-2-3-10(12)11(13)6-9/h2-3,6,8,14H,4-5,7H2,1H3. The zero-order valence-corrected chi connectivity index (χ0v) is 10.1. The van der Waals surface area contributed by atoms with Crippen LogP contribution in [0.3, 0.4) is 0 Å². The molecule has 0 radical (unpaired) electrons. The first-order valence-corrected chi connectivity index (χ1v) is 5.86. The van der Waals surface area contributed by atoms with Crippen LogP contribution in [-0.4, -0.2) is 25.7 Å². The predicted octanol–water partition coefficient (Wildman–Crippen LogP) is 2.79. The summed E-state index contributed by atoms with van der Waals surface area (Å²) in [5, 5.41) is 4.65. The summed E-state index contributed by atoms with van der Waals surface area (Å²) in [5.41, 5.74) is 1.15. The number of anilines is 1. The van der Waals surface area contributed by atoms with Gasteiger partial charge in [-0.1, -0.05) is 23.2 Å². The fourth-order valence-corrected chi connectivity index (χ4v) is 2.14. The van der Waals surface area contributed by atoms with Crippen LogP contribution in [0.5, 0.6) is 0 Å². The monoisotopic (exact) mass is 244 g/mol. The third-order valence-electron chi connectivity index (χ3n) is 2.64. The lowest BCUT2D eigenvalue weighted by atomic mass is 10.2. The number of halogens is 2. The molecule has 1 atom stereocenters. The summed E-state index contributed by atoms with van der Waals surface area (Å²) in [6.07, 6.45) is 0. The number of hydrogen-bond acceptors (Lipinski definition) is 2. The highest BCUT2D eigenvalue weighted by molar-refractivity contribution is 6.42. The molecule has 1 aliphatic rings. The molecule has 0 spiro atoms. The Bertz CT molecular complexity index is 354. The summed E-state index contributed by atoms with van der Waals surface area (Å²) in [6.45, 7) is 5.23. The number of nitrogens with zero attached hydrogens (tertiary/aromatic N) is 1. The van der Waals surface area contributed by atoms with Crippen molar-refractivity contribution in [2.45, 2.75) is 13.0 Å². The molecule has 1 aliphatic heterocycles. The van der Waals surface area contributed by atoms with Gasteiger partial charge in [-0.3, -0.25) is 0 Å². The highest BCUT2D eigenvalue weighted by Gasteiger charge is 2.16. The van der Waals surface area contributed by atoms with Gasteiger partial charge in [0.05, 0.1) is 10.0 Å². The molecule has 1 aromatic carbocycles. The van der Waals surface area contributed by atoms with Crippen molar-refractivity contribution in [3.05, 3.63) is 28.2 Å². The normalized spacial score (nSPS) is 21.8. The van der Waals surface area contributed by atoms with Gasteiger partial charge in [0, 0.05) is 31.4 Å². The molecule has 2 nitrogen and oxygen atoms in total. The van der Waals surface area contributed by atoms with Gasteiger partial charge in [0.1, 0.15) is 0 Å². The molecular formula is C11H14Cl2N2. The van der Waals surface area contributed by atoms with Crippen LogP contribution in [0.1, 0.15) is 6.92 Å². The van der Waals surface area contributed by atoms with E-state index in [1.165, 1.54) is 0 Å². The maximum absolute atomic E-state index is 6.00. The largest absolute Gasteiger partial charge is 0.369 e. The molecule has 2 rings (SSSR count). The minimum atomic E-state index is 0.521. The van der Waals surface area contributed by atoms with Crippen molar-refractivity contribution >= 4 is 28.9 Å². The first-order chi connectivity index (χ1) is 7.16. The molecule has 82 valence electrons. The summed E-state index contributed by atoms with van der Waals surface area (Å²) >= 11 is 11.9. The van der Waals surface area contributed by atoms with Crippen molar-refractivity contribution in [2.75, 3.05) is 24.5 Å². The van der Waals surface area contributed by atoms with E-state index in [4.69, 9.17) is 23.2 Å². The van der Waals surface area contributed by atoms with Gasteiger partial charge in [-0.05, 0) is 25.1 Å². The highest BCUT2D eigenvalue weighted by atomic mass is 35.5. The lowest BCUT2D eigenvalue weighted by molar-refractivity contribution is 0.485. The lowest BCUT2D eigenvalue weighted by Crippen LogP contribution is -2.49. The smallest absolute Gasteiger partial charge is 0.0612 e. The Hall–Kier alpha value is -0.440. The van der Waals surface area contributed by atoms with E-state index in [2.05, 4.69) is 17.1 Å². The average molecular weight is 245 g/mol. The minimum absolute atomic E-state index is 0.521. The zero-order chi connectivity index (χ0) is 10.8. The maximum atomic E-state index is 6.00. The molecule has 1 fully saturated rings. The molecule has 0 bridgehead atoms. The number of rotatable bonds is 1. The second-order valence-electron chi connectivity index (χ2n) is 3.90. The fraction of sp³-hybridized carbons (Fsp3) is 0.455. The van der Waals surface area contributed by atoms with E-state index in [1.807, 2.05) is 18.2 Å². The van der Waals surface area contributed by atoms with Crippen LogP contribution < -0.4 is 10.2 Å². The van der Waals surface area contributed by atoms with Gasteiger partial charge >= 0.3 is 0 Å². The summed E-state index contributed by atoms with van der Waals surface area (Å²) < 4.78 is 0. The van der Waals surface area contributed by atoms with Crippen molar-refractivity contribution in [3.8, 4) is 0 Å². The number of hydrogen-bond donors (Lipinski definition) is 1.